The lowest BCUT2D eigenvalue weighted by molar-refractivity contribution is 0.0317. The lowest BCUT2D eigenvalue weighted by Gasteiger charge is -2.22. The Morgan fingerprint density at radius 2 is 1.42 bits per heavy atom. The average molecular weight is 176 g/mol. The SMILES string of the molecule is CC(O)(CCCO)CCCCO. The molecule has 3 N–H and O–H groups in total. The summed E-state index contributed by atoms with van der Waals surface area (Å²) in [5.41, 5.74) is -0.669. The summed E-state index contributed by atoms with van der Waals surface area (Å²) in [5, 5.41) is 26.7. The number of rotatable bonds is 7. The Morgan fingerprint density at radius 1 is 0.917 bits per heavy atom. The number of aliphatic hydroxyl groups excluding tert-OH is 2. The maximum Gasteiger partial charge on any atom is 0.0620 e. The van der Waals surface area contributed by atoms with Gasteiger partial charge in [0, 0.05) is 13.2 Å². The first kappa shape index (κ1) is 11.9. The predicted octanol–water partition coefficient (Wildman–Crippen LogP) is 0.672. The van der Waals surface area contributed by atoms with E-state index in [1.165, 1.54) is 0 Å². The van der Waals surface area contributed by atoms with Gasteiger partial charge in [-0.2, -0.15) is 0 Å². The summed E-state index contributed by atoms with van der Waals surface area (Å²) in [5.74, 6) is 0. The van der Waals surface area contributed by atoms with Crippen LogP contribution in [0.4, 0.5) is 0 Å². The Kier molecular flexibility index (Phi) is 6.34. The third kappa shape index (κ3) is 6.58. The van der Waals surface area contributed by atoms with E-state index in [-0.39, 0.29) is 13.2 Å². The fourth-order valence-electron chi connectivity index (χ4n) is 1.20. The van der Waals surface area contributed by atoms with Crippen molar-refractivity contribution in [2.75, 3.05) is 13.2 Å². The topological polar surface area (TPSA) is 60.7 Å². The van der Waals surface area contributed by atoms with Crippen LogP contribution >= 0.6 is 0 Å². The van der Waals surface area contributed by atoms with Crippen LogP contribution in [0.5, 0.6) is 0 Å². The van der Waals surface area contributed by atoms with Crippen molar-refractivity contribution >= 4 is 0 Å². The molecule has 0 aromatic heterocycles. The summed E-state index contributed by atoms with van der Waals surface area (Å²) in [6.45, 7) is 2.10. The largest absolute Gasteiger partial charge is 0.396 e. The van der Waals surface area contributed by atoms with Gasteiger partial charge in [0.05, 0.1) is 5.60 Å². The minimum atomic E-state index is -0.669. The smallest absolute Gasteiger partial charge is 0.0620 e. The highest BCUT2D eigenvalue weighted by atomic mass is 16.3. The molecule has 0 fully saturated rings. The molecule has 0 spiro atoms. The van der Waals surface area contributed by atoms with Crippen molar-refractivity contribution in [2.24, 2.45) is 0 Å². The Hall–Kier alpha value is -0.120. The van der Waals surface area contributed by atoms with Crippen LogP contribution in [0.25, 0.3) is 0 Å². The van der Waals surface area contributed by atoms with Gasteiger partial charge < -0.3 is 15.3 Å². The molecule has 3 heteroatoms. The minimum Gasteiger partial charge on any atom is -0.396 e. The van der Waals surface area contributed by atoms with E-state index in [2.05, 4.69) is 0 Å². The molecule has 0 aliphatic heterocycles. The lowest BCUT2D eigenvalue weighted by atomic mass is 9.94. The highest BCUT2D eigenvalue weighted by molar-refractivity contribution is 4.71. The summed E-state index contributed by atoms with van der Waals surface area (Å²) in [4.78, 5) is 0. The molecule has 0 heterocycles. The molecule has 0 bridgehead atoms. The van der Waals surface area contributed by atoms with Crippen LogP contribution in [0.3, 0.4) is 0 Å². The van der Waals surface area contributed by atoms with Gasteiger partial charge >= 0.3 is 0 Å². The molecule has 0 saturated carbocycles. The van der Waals surface area contributed by atoms with Crippen LogP contribution in [0.15, 0.2) is 0 Å². The van der Waals surface area contributed by atoms with Gasteiger partial charge in [-0.05, 0) is 39.0 Å². The van der Waals surface area contributed by atoms with Crippen molar-refractivity contribution in [1.82, 2.24) is 0 Å². The van der Waals surface area contributed by atoms with E-state index in [0.29, 0.717) is 19.3 Å². The van der Waals surface area contributed by atoms with Crippen LogP contribution in [-0.2, 0) is 0 Å². The van der Waals surface area contributed by atoms with Crippen LogP contribution in [0, 0.1) is 0 Å². The Morgan fingerprint density at radius 3 is 1.92 bits per heavy atom. The van der Waals surface area contributed by atoms with Crippen molar-refractivity contribution in [3.05, 3.63) is 0 Å². The fourth-order valence-corrected chi connectivity index (χ4v) is 1.20. The van der Waals surface area contributed by atoms with Gasteiger partial charge in [0.2, 0.25) is 0 Å². The minimum absolute atomic E-state index is 0.135. The average Bonchev–Trinajstić information content (AvgIpc) is 2.01. The molecule has 0 aliphatic rings. The lowest BCUT2D eigenvalue weighted by Crippen LogP contribution is -2.24. The van der Waals surface area contributed by atoms with E-state index in [1.807, 2.05) is 0 Å². The Balaban J connectivity index is 3.42. The number of hydrogen-bond acceptors (Lipinski definition) is 3. The molecule has 74 valence electrons. The van der Waals surface area contributed by atoms with Gasteiger partial charge in [-0.1, -0.05) is 0 Å². The van der Waals surface area contributed by atoms with Gasteiger partial charge in [0.25, 0.3) is 0 Å². The van der Waals surface area contributed by atoms with Crippen molar-refractivity contribution in [2.45, 2.75) is 44.6 Å². The summed E-state index contributed by atoms with van der Waals surface area (Å²) in [6, 6.07) is 0. The normalized spacial score (nSPS) is 16.0. The van der Waals surface area contributed by atoms with Crippen molar-refractivity contribution in [3.63, 3.8) is 0 Å². The van der Waals surface area contributed by atoms with E-state index >= 15 is 0 Å². The van der Waals surface area contributed by atoms with Gasteiger partial charge in [-0.15, -0.1) is 0 Å². The first-order valence-electron chi connectivity index (χ1n) is 4.56. The van der Waals surface area contributed by atoms with Crippen LogP contribution < -0.4 is 0 Å². The molecular weight excluding hydrogens is 156 g/mol. The monoisotopic (exact) mass is 176 g/mol. The van der Waals surface area contributed by atoms with Crippen molar-refractivity contribution < 1.29 is 15.3 Å². The zero-order valence-electron chi connectivity index (χ0n) is 7.79. The maximum absolute atomic E-state index is 9.68. The second kappa shape index (κ2) is 6.40. The highest BCUT2D eigenvalue weighted by Crippen LogP contribution is 2.18. The second-order valence-corrected chi connectivity index (χ2v) is 3.50. The van der Waals surface area contributed by atoms with Gasteiger partial charge in [-0.25, -0.2) is 0 Å². The molecule has 0 aromatic carbocycles. The predicted molar refractivity (Wildman–Crippen MR) is 47.9 cm³/mol. The summed E-state index contributed by atoms with van der Waals surface area (Å²) < 4.78 is 0. The van der Waals surface area contributed by atoms with E-state index < -0.39 is 5.60 Å². The third-order valence-electron chi connectivity index (χ3n) is 2.00. The molecule has 0 rings (SSSR count). The maximum atomic E-state index is 9.68. The molecule has 0 amide bonds. The van der Waals surface area contributed by atoms with E-state index in [9.17, 15) is 5.11 Å². The number of hydrogen-bond donors (Lipinski definition) is 3. The first-order valence-corrected chi connectivity index (χ1v) is 4.56. The second-order valence-electron chi connectivity index (χ2n) is 3.50. The summed E-state index contributed by atoms with van der Waals surface area (Å²) in [6.07, 6.45) is 3.57. The number of unbranched alkanes of at least 4 members (excludes halogenated alkanes) is 1. The summed E-state index contributed by atoms with van der Waals surface area (Å²) in [7, 11) is 0. The molecule has 3 nitrogen and oxygen atoms in total. The van der Waals surface area contributed by atoms with Crippen molar-refractivity contribution in [1.29, 1.82) is 0 Å². The molecule has 0 aromatic rings. The first-order chi connectivity index (χ1) is 5.62. The third-order valence-corrected chi connectivity index (χ3v) is 2.00. The van der Waals surface area contributed by atoms with E-state index in [4.69, 9.17) is 10.2 Å². The van der Waals surface area contributed by atoms with E-state index in [0.717, 1.165) is 12.8 Å². The Bertz CT molecular complexity index is 102. The summed E-state index contributed by atoms with van der Waals surface area (Å²) >= 11 is 0. The van der Waals surface area contributed by atoms with Gasteiger partial charge in [-0.3, -0.25) is 0 Å². The van der Waals surface area contributed by atoms with E-state index in [1.54, 1.807) is 6.92 Å². The van der Waals surface area contributed by atoms with Crippen LogP contribution in [-0.4, -0.2) is 34.1 Å². The fraction of sp³-hybridized carbons (Fsp3) is 1.00. The molecular formula is C9H20O3. The highest BCUT2D eigenvalue weighted by Gasteiger charge is 2.18. The molecule has 0 radical (unpaired) electrons. The molecule has 12 heavy (non-hydrogen) atoms. The standard InChI is InChI=1S/C9H20O3/c1-9(12,6-4-8-11)5-2-3-7-10/h10-12H,2-8H2,1H3. The zero-order chi connectivity index (χ0) is 9.45. The molecule has 1 atom stereocenters. The zero-order valence-corrected chi connectivity index (χ0v) is 7.79. The van der Waals surface area contributed by atoms with Crippen molar-refractivity contribution in [3.8, 4) is 0 Å². The van der Waals surface area contributed by atoms with Gasteiger partial charge in [0.1, 0.15) is 0 Å². The quantitative estimate of drug-likeness (QED) is 0.500. The van der Waals surface area contributed by atoms with Crippen LogP contribution in [0.2, 0.25) is 0 Å². The molecule has 0 aliphatic carbocycles. The van der Waals surface area contributed by atoms with Gasteiger partial charge in [0.15, 0.2) is 0 Å². The molecule has 0 saturated heterocycles. The van der Waals surface area contributed by atoms with Crippen LogP contribution in [0.1, 0.15) is 39.0 Å². The molecule has 1 unspecified atom stereocenters. The Labute approximate surface area is 74.0 Å². The number of aliphatic hydroxyl groups is 3.